The number of benzene rings is 2. The van der Waals surface area contributed by atoms with E-state index in [0.29, 0.717) is 28.8 Å². The third-order valence-corrected chi connectivity index (χ3v) is 5.46. The zero-order chi connectivity index (χ0) is 23.6. The Bertz CT molecular complexity index is 1220. The van der Waals surface area contributed by atoms with Crippen LogP contribution in [0.2, 0.25) is 0 Å². The Labute approximate surface area is 188 Å². The summed E-state index contributed by atoms with van der Waals surface area (Å²) in [5.74, 6) is -3.74. The molecule has 6 nitrogen and oxygen atoms in total. The molecule has 9 heteroatoms. The standard InChI is InChI=1S/C24H23F3N4O2/c1-15(32)28-18-4-2-5-19(14-18)29-23(33)20-12-16-6-7-17(25)13-21(16)30-22(20)31-10-3-8-24(26,27)9-11-31/h2,4-7,12-14H,3,8-11H2,1H3,(H,28,32)(H,29,33). The Morgan fingerprint density at radius 3 is 2.52 bits per heavy atom. The minimum absolute atomic E-state index is 0.0269. The minimum atomic E-state index is -2.77. The molecule has 1 saturated heterocycles. The molecule has 1 aliphatic rings. The van der Waals surface area contributed by atoms with E-state index in [2.05, 4.69) is 15.6 Å². The van der Waals surface area contributed by atoms with Crippen molar-refractivity contribution in [3.8, 4) is 0 Å². The molecule has 1 aliphatic heterocycles. The molecule has 2 amide bonds. The molecule has 0 saturated carbocycles. The van der Waals surface area contributed by atoms with Crippen LogP contribution in [0.5, 0.6) is 0 Å². The summed E-state index contributed by atoms with van der Waals surface area (Å²) in [5, 5.41) is 5.98. The van der Waals surface area contributed by atoms with E-state index in [1.807, 2.05) is 0 Å². The summed E-state index contributed by atoms with van der Waals surface area (Å²) in [6.45, 7) is 1.71. The van der Waals surface area contributed by atoms with Crippen molar-refractivity contribution in [3.63, 3.8) is 0 Å². The van der Waals surface area contributed by atoms with Crippen LogP contribution in [0.4, 0.5) is 30.4 Å². The first kappa shape index (κ1) is 22.6. The van der Waals surface area contributed by atoms with Crippen LogP contribution in [0.15, 0.2) is 48.5 Å². The van der Waals surface area contributed by atoms with Crippen molar-refractivity contribution >= 4 is 39.9 Å². The van der Waals surface area contributed by atoms with Crippen molar-refractivity contribution in [1.82, 2.24) is 4.98 Å². The first-order valence-electron chi connectivity index (χ1n) is 10.6. The summed E-state index contributed by atoms with van der Waals surface area (Å²) in [7, 11) is 0. The largest absolute Gasteiger partial charge is 0.356 e. The van der Waals surface area contributed by atoms with Crippen LogP contribution in [-0.2, 0) is 4.79 Å². The third kappa shape index (κ3) is 5.42. The quantitative estimate of drug-likeness (QED) is 0.565. The summed E-state index contributed by atoms with van der Waals surface area (Å²) in [6.07, 6.45) is -0.339. The summed E-state index contributed by atoms with van der Waals surface area (Å²) >= 11 is 0. The number of fused-ring (bicyclic) bond motifs is 1. The molecule has 0 aliphatic carbocycles. The summed E-state index contributed by atoms with van der Waals surface area (Å²) < 4.78 is 41.6. The van der Waals surface area contributed by atoms with Gasteiger partial charge in [0.05, 0.1) is 11.1 Å². The molecular weight excluding hydrogens is 433 g/mol. The lowest BCUT2D eigenvalue weighted by atomic mass is 10.1. The highest BCUT2D eigenvalue weighted by Gasteiger charge is 2.33. The van der Waals surface area contributed by atoms with E-state index in [9.17, 15) is 22.8 Å². The average molecular weight is 456 g/mol. The van der Waals surface area contributed by atoms with Gasteiger partial charge in [0.25, 0.3) is 5.91 Å². The fraction of sp³-hybridized carbons (Fsp3) is 0.292. The molecule has 1 fully saturated rings. The van der Waals surface area contributed by atoms with E-state index in [1.54, 1.807) is 35.2 Å². The number of anilines is 3. The molecular formula is C24H23F3N4O2. The summed E-state index contributed by atoms with van der Waals surface area (Å²) in [5.41, 5.74) is 1.50. The predicted octanol–water partition coefficient (Wildman–Crippen LogP) is 5.21. The molecule has 3 aromatic rings. The smallest absolute Gasteiger partial charge is 0.259 e. The van der Waals surface area contributed by atoms with Gasteiger partial charge in [-0.1, -0.05) is 6.07 Å². The SMILES string of the molecule is CC(=O)Nc1cccc(NC(=O)c2cc3ccc(F)cc3nc2N2CCCC(F)(F)CC2)c1. The number of carbonyl (C=O) groups is 2. The van der Waals surface area contributed by atoms with Crippen LogP contribution < -0.4 is 15.5 Å². The molecule has 1 aromatic heterocycles. The monoisotopic (exact) mass is 456 g/mol. The Hall–Kier alpha value is -3.62. The number of hydrogen-bond donors (Lipinski definition) is 2. The second-order valence-corrected chi connectivity index (χ2v) is 8.11. The zero-order valence-corrected chi connectivity index (χ0v) is 18.0. The number of amides is 2. The lowest BCUT2D eigenvalue weighted by Crippen LogP contribution is -2.29. The number of alkyl halides is 2. The molecule has 4 rings (SSSR count). The molecule has 2 N–H and O–H groups in total. The van der Waals surface area contributed by atoms with Gasteiger partial charge in [0.1, 0.15) is 11.6 Å². The second kappa shape index (κ2) is 9.09. The van der Waals surface area contributed by atoms with Gasteiger partial charge in [-0.3, -0.25) is 9.59 Å². The van der Waals surface area contributed by atoms with Crippen LogP contribution in [0, 0.1) is 5.82 Å². The van der Waals surface area contributed by atoms with Crippen molar-refractivity contribution in [2.45, 2.75) is 32.1 Å². The maximum absolute atomic E-state index is 13.9. The molecule has 0 spiro atoms. The molecule has 2 heterocycles. The van der Waals surface area contributed by atoms with Crippen LogP contribution in [-0.4, -0.2) is 35.8 Å². The average Bonchev–Trinajstić information content (AvgIpc) is 2.93. The van der Waals surface area contributed by atoms with Crippen LogP contribution >= 0.6 is 0 Å². The molecule has 0 radical (unpaired) electrons. The summed E-state index contributed by atoms with van der Waals surface area (Å²) in [4.78, 5) is 30.7. The number of rotatable bonds is 4. The highest BCUT2D eigenvalue weighted by molar-refractivity contribution is 6.09. The summed E-state index contributed by atoms with van der Waals surface area (Å²) in [6, 6.07) is 12.3. The maximum atomic E-state index is 13.9. The molecule has 0 bridgehead atoms. The van der Waals surface area contributed by atoms with Gasteiger partial charge in [-0.05, 0) is 42.8 Å². The molecule has 0 unspecified atom stereocenters. The van der Waals surface area contributed by atoms with Crippen molar-refractivity contribution in [2.75, 3.05) is 28.6 Å². The van der Waals surface area contributed by atoms with Gasteiger partial charge in [-0.25, -0.2) is 18.2 Å². The molecule has 33 heavy (non-hydrogen) atoms. The van der Waals surface area contributed by atoms with E-state index >= 15 is 0 Å². The van der Waals surface area contributed by atoms with Crippen molar-refractivity contribution in [2.24, 2.45) is 0 Å². The third-order valence-electron chi connectivity index (χ3n) is 5.46. The van der Waals surface area contributed by atoms with Crippen molar-refractivity contribution in [1.29, 1.82) is 0 Å². The van der Waals surface area contributed by atoms with Gasteiger partial charge in [0.15, 0.2) is 0 Å². The van der Waals surface area contributed by atoms with Crippen molar-refractivity contribution < 1.29 is 22.8 Å². The van der Waals surface area contributed by atoms with E-state index < -0.39 is 17.6 Å². The van der Waals surface area contributed by atoms with Crippen LogP contribution in [0.1, 0.15) is 36.5 Å². The van der Waals surface area contributed by atoms with E-state index in [-0.39, 0.29) is 43.1 Å². The Balaban J connectivity index is 1.70. The van der Waals surface area contributed by atoms with Crippen molar-refractivity contribution in [3.05, 3.63) is 59.9 Å². The Morgan fingerprint density at radius 2 is 1.76 bits per heavy atom. The maximum Gasteiger partial charge on any atom is 0.259 e. The molecule has 0 atom stereocenters. The predicted molar refractivity (Wildman–Crippen MR) is 121 cm³/mol. The molecule has 172 valence electrons. The number of carbonyl (C=O) groups excluding carboxylic acids is 2. The Kier molecular flexibility index (Phi) is 6.22. The number of nitrogens with one attached hydrogen (secondary N) is 2. The normalized spacial score (nSPS) is 15.7. The van der Waals surface area contributed by atoms with Gasteiger partial charge in [-0.2, -0.15) is 0 Å². The number of hydrogen-bond acceptors (Lipinski definition) is 4. The topological polar surface area (TPSA) is 74.3 Å². The lowest BCUT2D eigenvalue weighted by molar-refractivity contribution is -0.114. The van der Waals surface area contributed by atoms with Crippen LogP contribution in [0.25, 0.3) is 10.9 Å². The fourth-order valence-corrected chi connectivity index (χ4v) is 3.89. The second-order valence-electron chi connectivity index (χ2n) is 8.11. The number of aromatic nitrogens is 1. The first-order valence-corrected chi connectivity index (χ1v) is 10.6. The lowest BCUT2D eigenvalue weighted by Gasteiger charge is -2.24. The highest BCUT2D eigenvalue weighted by Crippen LogP contribution is 2.32. The van der Waals surface area contributed by atoms with Gasteiger partial charge in [0, 0.05) is 55.7 Å². The molecule has 2 aromatic carbocycles. The van der Waals surface area contributed by atoms with Gasteiger partial charge in [0.2, 0.25) is 11.8 Å². The van der Waals surface area contributed by atoms with Gasteiger partial charge >= 0.3 is 0 Å². The fourth-order valence-electron chi connectivity index (χ4n) is 3.89. The van der Waals surface area contributed by atoms with E-state index in [1.165, 1.54) is 25.1 Å². The van der Waals surface area contributed by atoms with Gasteiger partial charge in [-0.15, -0.1) is 0 Å². The van der Waals surface area contributed by atoms with E-state index in [0.717, 1.165) is 0 Å². The number of pyridine rings is 1. The zero-order valence-electron chi connectivity index (χ0n) is 18.0. The number of halogens is 3. The highest BCUT2D eigenvalue weighted by atomic mass is 19.3. The van der Waals surface area contributed by atoms with Gasteiger partial charge < -0.3 is 15.5 Å². The Morgan fingerprint density at radius 1 is 1.00 bits per heavy atom. The minimum Gasteiger partial charge on any atom is -0.356 e. The van der Waals surface area contributed by atoms with Crippen LogP contribution in [0.3, 0.4) is 0 Å². The van der Waals surface area contributed by atoms with E-state index in [4.69, 9.17) is 0 Å². The first-order chi connectivity index (χ1) is 15.7. The number of nitrogens with zero attached hydrogens (tertiary/aromatic N) is 2.